The fourth-order valence-corrected chi connectivity index (χ4v) is 5.86. The fourth-order valence-electron chi connectivity index (χ4n) is 5.86. The summed E-state index contributed by atoms with van der Waals surface area (Å²) in [4.78, 5) is 97.4. The van der Waals surface area contributed by atoms with Crippen LogP contribution in [0.25, 0.3) is 22.0 Å². The van der Waals surface area contributed by atoms with Crippen molar-refractivity contribution >= 4 is 58.3 Å². The third-order valence-corrected chi connectivity index (χ3v) is 8.58. The first-order valence-electron chi connectivity index (χ1n) is 16.8. The predicted molar refractivity (Wildman–Crippen MR) is 192 cm³/mol. The van der Waals surface area contributed by atoms with Gasteiger partial charge in [0.25, 0.3) is 0 Å². The normalized spacial score (nSPS) is 20.2. The molecular formula is C35H43N9O9. The minimum absolute atomic E-state index is 0.0608. The predicted octanol–water partition coefficient (Wildman–Crippen LogP) is -0.671. The number of carboxylic acids is 2. The average molecular weight is 734 g/mol. The number of nitrogens with two attached hydrogens (primary N) is 2. The molecule has 18 heteroatoms. The smallest absolute Gasteiger partial charge is 0.335 e. The number of H-pyrrole nitrogens is 1. The van der Waals surface area contributed by atoms with Gasteiger partial charge in [-0.3, -0.25) is 33.8 Å². The van der Waals surface area contributed by atoms with Gasteiger partial charge in [-0.05, 0) is 42.0 Å². The molecule has 0 spiro atoms. The van der Waals surface area contributed by atoms with Gasteiger partial charge in [0, 0.05) is 30.1 Å². The number of aromatic amines is 1. The van der Waals surface area contributed by atoms with E-state index in [4.69, 9.17) is 11.5 Å². The third kappa shape index (κ3) is 10.5. The van der Waals surface area contributed by atoms with Gasteiger partial charge in [0.1, 0.15) is 24.2 Å². The molecule has 53 heavy (non-hydrogen) atoms. The van der Waals surface area contributed by atoms with Gasteiger partial charge in [0.05, 0.1) is 24.0 Å². The number of rotatable bonds is 11. The summed E-state index contributed by atoms with van der Waals surface area (Å²) < 4.78 is 0. The number of hydrogen-bond acceptors (Lipinski definition) is 8. The molecular weight excluding hydrogens is 690 g/mol. The molecule has 0 aliphatic carbocycles. The van der Waals surface area contributed by atoms with Crippen molar-refractivity contribution in [2.24, 2.45) is 22.4 Å². The summed E-state index contributed by atoms with van der Waals surface area (Å²) in [5.74, 6) is -7.23. The van der Waals surface area contributed by atoms with Gasteiger partial charge in [-0.2, -0.15) is 0 Å². The molecule has 0 saturated carbocycles. The standard InChI is InChI=1S/C35H43N9O9/c1-17(2)28-33(51)42-23(7-4-12-38-35(36)37)30(48)40-16-26(45)41-25(14-27(46)47)31(49)43-24(32(50)44-28)13-20-15-39-29-21(5-3-6-22(20)29)18-8-10-19(11-9-18)34(52)53/h3,5-6,8-11,15,17,23-25,28,39H,4,7,12-14,16H2,1-2H3,(H,40,48)(H,41,45)(H,42,51)(H,43,49)(H,44,50)(H,46,47)(H,52,53)(H4,36,37,38)/t23-,24+,25-,28-/m0/s1. The number of nitrogens with zero attached hydrogens (tertiary/aromatic N) is 1. The number of aromatic carboxylic acids is 1. The topological polar surface area (TPSA) is 300 Å². The summed E-state index contributed by atoms with van der Waals surface area (Å²) in [5, 5.41) is 32.1. The van der Waals surface area contributed by atoms with E-state index in [0.717, 1.165) is 11.1 Å². The number of carboxylic acid groups (broad SMARTS) is 2. The summed E-state index contributed by atoms with van der Waals surface area (Å²) >= 11 is 0. The van der Waals surface area contributed by atoms with Gasteiger partial charge in [-0.1, -0.05) is 44.2 Å². The van der Waals surface area contributed by atoms with E-state index in [1.54, 1.807) is 44.3 Å². The lowest BCUT2D eigenvalue weighted by molar-refractivity contribution is -0.141. The number of hydrogen-bond donors (Lipinski definition) is 10. The van der Waals surface area contributed by atoms with Crippen molar-refractivity contribution in [1.82, 2.24) is 31.6 Å². The lowest BCUT2D eigenvalue weighted by Crippen LogP contribution is -2.59. The Morgan fingerprint density at radius 1 is 0.849 bits per heavy atom. The van der Waals surface area contributed by atoms with Gasteiger partial charge in [0.15, 0.2) is 5.96 Å². The molecule has 282 valence electrons. The van der Waals surface area contributed by atoms with Crippen molar-refractivity contribution in [2.45, 2.75) is 63.7 Å². The molecule has 2 aromatic carbocycles. The molecule has 0 radical (unpaired) electrons. The first-order valence-corrected chi connectivity index (χ1v) is 16.8. The average Bonchev–Trinajstić information content (AvgIpc) is 3.52. The van der Waals surface area contributed by atoms with Crippen LogP contribution in [0.15, 0.2) is 53.7 Å². The molecule has 5 amide bonds. The highest BCUT2D eigenvalue weighted by molar-refractivity contribution is 6.00. The summed E-state index contributed by atoms with van der Waals surface area (Å²) in [6.07, 6.45) is 1.00. The van der Waals surface area contributed by atoms with Crippen LogP contribution in [0, 0.1) is 5.92 Å². The molecule has 12 N–H and O–H groups in total. The second-order valence-electron chi connectivity index (χ2n) is 12.9. The minimum atomic E-state index is -1.63. The molecule has 3 aromatic rings. The van der Waals surface area contributed by atoms with Crippen LogP contribution in [0.3, 0.4) is 0 Å². The number of fused-ring (bicyclic) bond motifs is 1. The maximum absolute atomic E-state index is 14.0. The van der Waals surface area contributed by atoms with E-state index in [2.05, 4.69) is 36.6 Å². The Hall–Kier alpha value is -6.46. The second-order valence-corrected chi connectivity index (χ2v) is 12.9. The van der Waals surface area contributed by atoms with Gasteiger partial charge < -0.3 is 53.2 Å². The maximum Gasteiger partial charge on any atom is 0.335 e. The van der Waals surface area contributed by atoms with Crippen molar-refractivity contribution in [3.63, 3.8) is 0 Å². The maximum atomic E-state index is 14.0. The molecule has 1 fully saturated rings. The van der Waals surface area contributed by atoms with Crippen LogP contribution in [0.2, 0.25) is 0 Å². The van der Waals surface area contributed by atoms with Crippen molar-refractivity contribution < 1.29 is 43.8 Å². The monoisotopic (exact) mass is 733 g/mol. The van der Waals surface area contributed by atoms with Crippen LogP contribution in [0.5, 0.6) is 0 Å². The molecule has 4 rings (SSSR count). The van der Waals surface area contributed by atoms with Gasteiger partial charge >= 0.3 is 11.9 Å². The van der Waals surface area contributed by atoms with Crippen molar-refractivity contribution in [2.75, 3.05) is 13.1 Å². The highest BCUT2D eigenvalue weighted by Crippen LogP contribution is 2.30. The van der Waals surface area contributed by atoms with E-state index < -0.39 is 84.5 Å². The number of nitrogens with one attached hydrogen (secondary N) is 6. The summed E-state index contributed by atoms with van der Waals surface area (Å²) in [6, 6.07) is 6.33. The molecule has 4 atom stereocenters. The van der Waals surface area contributed by atoms with E-state index >= 15 is 0 Å². The quantitative estimate of drug-likeness (QED) is 0.0670. The molecule has 1 aliphatic rings. The molecule has 1 aromatic heterocycles. The van der Waals surface area contributed by atoms with Crippen LogP contribution in [0.4, 0.5) is 0 Å². The zero-order chi connectivity index (χ0) is 38.8. The molecule has 1 aliphatic heterocycles. The zero-order valence-electron chi connectivity index (χ0n) is 29.1. The Morgan fingerprint density at radius 2 is 1.53 bits per heavy atom. The molecule has 2 heterocycles. The molecule has 0 unspecified atom stereocenters. The second kappa shape index (κ2) is 17.7. The largest absolute Gasteiger partial charge is 0.481 e. The number of carbonyl (C=O) groups excluding carboxylic acids is 5. The summed E-state index contributed by atoms with van der Waals surface area (Å²) in [7, 11) is 0. The first kappa shape index (κ1) is 39.3. The molecule has 18 nitrogen and oxygen atoms in total. The number of aliphatic carboxylic acids is 1. The third-order valence-electron chi connectivity index (χ3n) is 8.58. The Labute approximate surface area is 303 Å². The Bertz CT molecular complexity index is 1900. The highest BCUT2D eigenvalue weighted by Gasteiger charge is 2.34. The number of amides is 5. The lowest BCUT2D eigenvalue weighted by atomic mass is 9.97. The summed E-state index contributed by atoms with van der Waals surface area (Å²) in [6.45, 7) is 2.85. The zero-order valence-corrected chi connectivity index (χ0v) is 29.1. The van der Waals surface area contributed by atoms with E-state index in [9.17, 15) is 43.8 Å². The van der Waals surface area contributed by atoms with Crippen LogP contribution in [0.1, 0.15) is 49.0 Å². The van der Waals surface area contributed by atoms with Crippen LogP contribution in [-0.2, 0) is 35.2 Å². The number of guanidine groups is 1. The van der Waals surface area contributed by atoms with Gasteiger partial charge in [-0.25, -0.2) is 4.79 Å². The number of para-hydroxylation sites is 1. The SMILES string of the molecule is CC(C)[C@@H]1NC(=O)[C@@H](Cc2c[nH]c3c(-c4ccc(C(=O)O)cc4)cccc23)NC(=O)[C@H](CC(=O)O)NC(=O)CNC(=O)[C@H](CCCN=C(N)N)NC1=O. The first-order chi connectivity index (χ1) is 25.1. The molecule has 0 bridgehead atoms. The number of carbonyl (C=O) groups is 7. The van der Waals surface area contributed by atoms with Crippen molar-refractivity contribution in [3.05, 3.63) is 59.8 Å². The fraction of sp³-hybridized carbons (Fsp3) is 0.371. The van der Waals surface area contributed by atoms with Crippen molar-refractivity contribution in [1.29, 1.82) is 0 Å². The number of aromatic nitrogens is 1. The van der Waals surface area contributed by atoms with Crippen molar-refractivity contribution in [3.8, 4) is 11.1 Å². The highest BCUT2D eigenvalue weighted by atomic mass is 16.4. The van der Waals surface area contributed by atoms with E-state index in [-0.39, 0.29) is 37.3 Å². The number of benzene rings is 2. The van der Waals surface area contributed by atoms with E-state index in [1.807, 2.05) is 6.07 Å². The lowest BCUT2D eigenvalue weighted by Gasteiger charge is -2.27. The minimum Gasteiger partial charge on any atom is -0.481 e. The Balaban J connectivity index is 1.70. The Kier molecular flexibility index (Phi) is 13.1. The van der Waals surface area contributed by atoms with Crippen LogP contribution < -0.4 is 38.1 Å². The van der Waals surface area contributed by atoms with E-state index in [0.29, 0.717) is 16.5 Å². The summed E-state index contributed by atoms with van der Waals surface area (Å²) in [5.41, 5.74) is 13.6. The number of aliphatic imine (C=N–C) groups is 1. The van der Waals surface area contributed by atoms with Gasteiger partial charge in [0.2, 0.25) is 29.5 Å². The van der Waals surface area contributed by atoms with E-state index in [1.165, 1.54) is 12.1 Å². The molecule has 1 saturated heterocycles. The van der Waals surface area contributed by atoms with Crippen LogP contribution in [-0.4, -0.2) is 99.9 Å². The van der Waals surface area contributed by atoms with Gasteiger partial charge in [-0.15, -0.1) is 0 Å². The van der Waals surface area contributed by atoms with Crippen LogP contribution >= 0.6 is 0 Å². The Morgan fingerprint density at radius 3 is 2.17 bits per heavy atom.